The lowest BCUT2D eigenvalue weighted by molar-refractivity contribution is -0.144. The second-order valence-electron chi connectivity index (χ2n) is 5.01. The summed E-state index contributed by atoms with van der Waals surface area (Å²) in [5.74, 6) is 0.185. The molecule has 1 aliphatic heterocycles. The predicted molar refractivity (Wildman–Crippen MR) is 65.9 cm³/mol. The highest BCUT2D eigenvalue weighted by Crippen LogP contribution is 2.24. The van der Waals surface area contributed by atoms with E-state index in [9.17, 15) is 9.59 Å². The van der Waals surface area contributed by atoms with E-state index in [0.717, 1.165) is 19.3 Å². The number of carboxylic acids is 1. The van der Waals surface area contributed by atoms with Gasteiger partial charge in [-0.25, -0.2) is 15.1 Å². The number of aliphatic carboxylic acids is 1. The van der Waals surface area contributed by atoms with Crippen LogP contribution in [0.25, 0.3) is 0 Å². The summed E-state index contributed by atoms with van der Waals surface area (Å²) in [6.45, 7) is 5.29. The van der Waals surface area contributed by atoms with Crippen LogP contribution >= 0.6 is 0 Å². The van der Waals surface area contributed by atoms with Gasteiger partial charge in [0.1, 0.15) is 0 Å². The Bertz CT molecular complexity index is 294. The summed E-state index contributed by atoms with van der Waals surface area (Å²) in [7, 11) is 0. The summed E-state index contributed by atoms with van der Waals surface area (Å²) < 4.78 is 0. The quantitative estimate of drug-likeness (QED) is 0.748. The van der Waals surface area contributed by atoms with E-state index in [0.29, 0.717) is 24.9 Å². The summed E-state index contributed by atoms with van der Waals surface area (Å²) >= 11 is 0. The van der Waals surface area contributed by atoms with Gasteiger partial charge in [-0.2, -0.15) is 0 Å². The van der Waals surface area contributed by atoms with Crippen LogP contribution in [0.1, 0.15) is 33.1 Å². The van der Waals surface area contributed by atoms with Crippen molar-refractivity contribution in [2.75, 3.05) is 19.7 Å². The molecule has 1 fully saturated rings. The summed E-state index contributed by atoms with van der Waals surface area (Å²) in [5, 5.41) is 8.39. The molecule has 0 saturated carbocycles. The molecule has 6 heteroatoms. The summed E-state index contributed by atoms with van der Waals surface area (Å²) in [4.78, 5) is 28.2. The highest BCUT2D eigenvalue weighted by Gasteiger charge is 2.22. The number of nitrogens with zero attached hydrogens (tertiary/aromatic N) is 1. The molecule has 1 aliphatic rings. The number of rotatable bonds is 4. The van der Waals surface area contributed by atoms with Crippen LogP contribution in [0.4, 0.5) is 4.79 Å². The van der Waals surface area contributed by atoms with Crippen LogP contribution in [0.3, 0.4) is 0 Å². The number of urea groups is 1. The molecule has 1 unspecified atom stereocenters. The largest absolute Gasteiger partial charge is 0.479 e. The molecule has 0 aromatic carbocycles. The molecule has 1 heterocycles. The lowest BCUT2D eigenvalue weighted by atomic mass is 9.89. The molecule has 0 radical (unpaired) electrons. The molecule has 0 bridgehead atoms. The first-order valence-electron chi connectivity index (χ1n) is 6.39. The Morgan fingerprint density at radius 2 is 2.11 bits per heavy atom. The third-order valence-corrected chi connectivity index (χ3v) is 3.36. The molecule has 0 aliphatic carbocycles. The van der Waals surface area contributed by atoms with E-state index < -0.39 is 12.6 Å². The number of carboxylic acid groups (broad SMARTS) is 1. The lowest BCUT2D eigenvalue weighted by Gasteiger charge is -2.21. The summed E-state index contributed by atoms with van der Waals surface area (Å²) in [5.41, 5.74) is 2.16. The van der Waals surface area contributed by atoms with Gasteiger partial charge in [0.05, 0.1) is 0 Å². The fraction of sp³-hybridized carbons (Fsp3) is 0.833. The lowest BCUT2D eigenvalue weighted by Crippen LogP contribution is -2.41. The molecule has 2 N–H and O–H groups in total. The van der Waals surface area contributed by atoms with Crippen molar-refractivity contribution >= 4 is 12.0 Å². The minimum Gasteiger partial charge on any atom is -0.479 e. The zero-order valence-electron chi connectivity index (χ0n) is 11.0. The van der Waals surface area contributed by atoms with Gasteiger partial charge in [-0.15, -0.1) is 0 Å². The molecular formula is C12H22N2O4. The second kappa shape index (κ2) is 7.20. The van der Waals surface area contributed by atoms with Gasteiger partial charge in [0.25, 0.3) is 0 Å². The molecule has 0 aromatic rings. The van der Waals surface area contributed by atoms with Crippen LogP contribution in [0.15, 0.2) is 0 Å². The van der Waals surface area contributed by atoms with Crippen molar-refractivity contribution in [1.29, 1.82) is 0 Å². The number of hydrogen-bond acceptors (Lipinski definition) is 3. The summed E-state index contributed by atoms with van der Waals surface area (Å²) in [6, 6.07) is -0.347. The van der Waals surface area contributed by atoms with Crippen molar-refractivity contribution in [2.24, 2.45) is 11.8 Å². The standard InChI is InChI=1S/C12H22N2O4/c1-9(2)10-4-3-6-14(7-5-10)12(17)13-18-8-11(15)16/h9-10H,3-8H2,1-2H3,(H,13,17)(H,15,16). The number of carbonyl (C=O) groups excluding carboxylic acids is 1. The molecule has 0 aromatic heterocycles. The van der Waals surface area contributed by atoms with Gasteiger partial charge in [0, 0.05) is 13.1 Å². The maximum Gasteiger partial charge on any atom is 0.341 e. The van der Waals surface area contributed by atoms with Crippen LogP contribution in [-0.4, -0.2) is 41.7 Å². The Morgan fingerprint density at radius 3 is 2.72 bits per heavy atom. The number of likely N-dealkylation sites (tertiary alicyclic amines) is 1. The van der Waals surface area contributed by atoms with Gasteiger partial charge < -0.3 is 10.0 Å². The zero-order valence-corrected chi connectivity index (χ0v) is 11.0. The fourth-order valence-electron chi connectivity index (χ4n) is 2.22. The highest BCUT2D eigenvalue weighted by molar-refractivity contribution is 5.73. The number of hydroxylamine groups is 1. The van der Waals surface area contributed by atoms with Crippen molar-refractivity contribution < 1.29 is 19.5 Å². The van der Waals surface area contributed by atoms with Crippen molar-refractivity contribution in [3.63, 3.8) is 0 Å². The SMILES string of the molecule is CC(C)C1CCCN(C(=O)NOCC(=O)O)CC1. The molecule has 6 nitrogen and oxygen atoms in total. The second-order valence-corrected chi connectivity index (χ2v) is 5.01. The first-order valence-corrected chi connectivity index (χ1v) is 6.39. The average Bonchev–Trinajstić information content (AvgIpc) is 2.53. The molecule has 2 amide bonds. The van der Waals surface area contributed by atoms with E-state index in [1.165, 1.54) is 0 Å². The average molecular weight is 258 g/mol. The van der Waals surface area contributed by atoms with Gasteiger partial charge in [-0.1, -0.05) is 13.8 Å². The van der Waals surface area contributed by atoms with E-state index in [4.69, 9.17) is 5.11 Å². The van der Waals surface area contributed by atoms with E-state index in [1.807, 2.05) is 0 Å². The smallest absolute Gasteiger partial charge is 0.341 e. The van der Waals surface area contributed by atoms with Crippen LogP contribution in [-0.2, 0) is 9.63 Å². The third-order valence-electron chi connectivity index (χ3n) is 3.36. The van der Waals surface area contributed by atoms with Gasteiger partial charge in [0.15, 0.2) is 6.61 Å². The molecular weight excluding hydrogens is 236 g/mol. The van der Waals surface area contributed by atoms with Crippen molar-refractivity contribution in [3.05, 3.63) is 0 Å². The number of nitrogens with one attached hydrogen (secondary N) is 1. The number of amides is 2. The van der Waals surface area contributed by atoms with E-state index in [-0.39, 0.29) is 6.03 Å². The fourth-order valence-corrected chi connectivity index (χ4v) is 2.22. The molecule has 18 heavy (non-hydrogen) atoms. The van der Waals surface area contributed by atoms with E-state index in [1.54, 1.807) is 4.90 Å². The number of carbonyl (C=O) groups is 2. The Morgan fingerprint density at radius 1 is 1.39 bits per heavy atom. The van der Waals surface area contributed by atoms with Crippen LogP contribution in [0, 0.1) is 11.8 Å². The first-order chi connectivity index (χ1) is 8.50. The monoisotopic (exact) mass is 258 g/mol. The van der Waals surface area contributed by atoms with Gasteiger partial charge in [0.2, 0.25) is 0 Å². The minimum atomic E-state index is -1.11. The van der Waals surface area contributed by atoms with Crippen LogP contribution in [0.5, 0.6) is 0 Å². The van der Waals surface area contributed by atoms with Crippen LogP contribution < -0.4 is 5.48 Å². The van der Waals surface area contributed by atoms with Crippen molar-refractivity contribution in [3.8, 4) is 0 Å². The first kappa shape index (κ1) is 14.8. The van der Waals surface area contributed by atoms with Crippen molar-refractivity contribution in [1.82, 2.24) is 10.4 Å². The molecule has 1 saturated heterocycles. The molecule has 104 valence electrons. The van der Waals surface area contributed by atoms with Crippen LogP contribution in [0.2, 0.25) is 0 Å². The maximum atomic E-state index is 11.7. The zero-order chi connectivity index (χ0) is 13.5. The highest BCUT2D eigenvalue weighted by atomic mass is 16.7. The van der Waals surface area contributed by atoms with Gasteiger partial charge in [-0.3, -0.25) is 4.84 Å². The Balaban J connectivity index is 2.33. The molecule has 0 spiro atoms. The van der Waals surface area contributed by atoms with Gasteiger partial charge >= 0.3 is 12.0 Å². The normalized spacial score (nSPS) is 20.6. The van der Waals surface area contributed by atoms with Crippen molar-refractivity contribution in [2.45, 2.75) is 33.1 Å². The Kier molecular flexibility index (Phi) is 5.91. The topological polar surface area (TPSA) is 78.9 Å². The number of hydrogen-bond donors (Lipinski definition) is 2. The maximum absolute atomic E-state index is 11.7. The molecule has 1 rings (SSSR count). The van der Waals surface area contributed by atoms with E-state index >= 15 is 0 Å². The third kappa shape index (κ3) is 4.91. The van der Waals surface area contributed by atoms with E-state index in [2.05, 4.69) is 24.2 Å². The van der Waals surface area contributed by atoms with Gasteiger partial charge in [-0.05, 0) is 31.1 Å². The molecule has 1 atom stereocenters. The predicted octanol–water partition coefficient (Wildman–Crippen LogP) is 1.47. The summed E-state index contributed by atoms with van der Waals surface area (Å²) in [6.07, 6.45) is 3.11. The Hall–Kier alpha value is -1.30. The Labute approximate surface area is 107 Å². The minimum absolute atomic E-state index is 0.347.